The van der Waals surface area contributed by atoms with Gasteiger partial charge in [0.05, 0.1) is 11.3 Å². The minimum atomic E-state index is -0.557. The smallest absolute Gasteiger partial charge is 0.0929 e. The van der Waals surface area contributed by atoms with Crippen LogP contribution >= 0.6 is 0 Å². The largest absolute Gasteiger partial charge is 0.385 e. The molecule has 1 saturated carbocycles. The van der Waals surface area contributed by atoms with Crippen LogP contribution in [-0.2, 0) is 12.6 Å². The Kier molecular flexibility index (Phi) is 1.51. The van der Waals surface area contributed by atoms with E-state index in [4.69, 9.17) is 0 Å². The maximum Gasteiger partial charge on any atom is 0.0929 e. The van der Waals surface area contributed by atoms with E-state index in [9.17, 15) is 5.11 Å². The second-order valence-electron chi connectivity index (χ2n) is 3.69. The van der Waals surface area contributed by atoms with Crippen LogP contribution in [0.15, 0.2) is 6.20 Å². The van der Waals surface area contributed by atoms with Gasteiger partial charge in [0.15, 0.2) is 0 Å². The van der Waals surface area contributed by atoms with Gasteiger partial charge in [0.2, 0.25) is 0 Å². The van der Waals surface area contributed by atoms with E-state index < -0.39 is 5.60 Å². The highest BCUT2D eigenvalue weighted by Gasteiger charge is 2.38. The van der Waals surface area contributed by atoms with Crippen molar-refractivity contribution >= 4 is 0 Å². The molecule has 0 saturated heterocycles. The maximum atomic E-state index is 10.0. The molecule has 3 nitrogen and oxygen atoms in total. The Hall–Kier alpha value is -0.830. The van der Waals surface area contributed by atoms with Crippen molar-refractivity contribution < 1.29 is 5.11 Å². The number of aromatic nitrogens is 2. The first kappa shape index (κ1) is 7.80. The zero-order valence-electron chi connectivity index (χ0n) is 7.54. The molecule has 1 heterocycles. The van der Waals surface area contributed by atoms with Crippen molar-refractivity contribution in [2.75, 3.05) is 0 Å². The number of hydrogen-bond donors (Lipinski definition) is 1. The van der Waals surface area contributed by atoms with Crippen LogP contribution in [0.3, 0.4) is 0 Å². The summed E-state index contributed by atoms with van der Waals surface area (Å²) in [5.74, 6) is 0. The van der Waals surface area contributed by atoms with Gasteiger partial charge in [0.25, 0.3) is 0 Å². The van der Waals surface area contributed by atoms with E-state index in [1.807, 2.05) is 20.2 Å². The standard InChI is InChI=1S/C9H14N2O/c1-7-8(6-11(2)10-7)9(12)4-3-5-9/h6,12H,3-5H2,1-2H3. The summed E-state index contributed by atoms with van der Waals surface area (Å²) >= 11 is 0. The Morgan fingerprint density at radius 3 is 2.58 bits per heavy atom. The highest BCUT2D eigenvalue weighted by molar-refractivity contribution is 5.25. The van der Waals surface area contributed by atoms with E-state index in [1.54, 1.807) is 4.68 Å². The van der Waals surface area contributed by atoms with Crippen molar-refractivity contribution in [2.24, 2.45) is 7.05 Å². The predicted octanol–water partition coefficient (Wildman–Crippen LogP) is 1.10. The Morgan fingerprint density at radius 2 is 2.25 bits per heavy atom. The van der Waals surface area contributed by atoms with Gasteiger partial charge in [0.1, 0.15) is 0 Å². The highest BCUT2D eigenvalue weighted by atomic mass is 16.3. The lowest BCUT2D eigenvalue weighted by Crippen LogP contribution is -2.33. The van der Waals surface area contributed by atoms with Gasteiger partial charge >= 0.3 is 0 Å². The first-order chi connectivity index (χ1) is 5.62. The molecule has 0 spiro atoms. The average molecular weight is 166 g/mol. The molecule has 0 bridgehead atoms. The fourth-order valence-electron chi connectivity index (χ4n) is 1.84. The number of aryl methyl sites for hydroxylation is 2. The first-order valence-corrected chi connectivity index (χ1v) is 4.35. The summed E-state index contributed by atoms with van der Waals surface area (Å²) in [7, 11) is 1.89. The molecule has 1 fully saturated rings. The molecule has 1 aliphatic carbocycles. The third kappa shape index (κ3) is 0.966. The third-order valence-corrected chi connectivity index (χ3v) is 2.70. The first-order valence-electron chi connectivity index (χ1n) is 4.35. The number of aliphatic hydroxyl groups is 1. The third-order valence-electron chi connectivity index (χ3n) is 2.70. The van der Waals surface area contributed by atoms with Gasteiger partial charge < -0.3 is 5.11 Å². The zero-order valence-corrected chi connectivity index (χ0v) is 7.54. The molecule has 0 aromatic carbocycles. The van der Waals surface area contributed by atoms with Gasteiger partial charge in [-0.2, -0.15) is 5.10 Å². The van der Waals surface area contributed by atoms with Crippen LogP contribution in [0.5, 0.6) is 0 Å². The van der Waals surface area contributed by atoms with Crippen molar-refractivity contribution in [3.8, 4) is 0 Å². The van der Waals surface area contributed by atoms with Crippen molar-refractivity contribution in [3.05, 3.63) is 17.5 Å². The van der Waals surface area contributed by atoms with Gasteiger partial charge in [-0.3, -0.25) is 4.68 Å². The number of hydrogen-bond acceptors (Lipinski definition) is 2. The molecule has 1 aliphatic rings. The molecule has 1 aromatic heterocycles. The van der Waals surface area contributed by atoms with Crippen LogP contribution in [0.1, 0.15) is 30.5 Å². The van der Waals surface area contributed by atoms with Crippen LogP contribution in [0.4, 0.5) is 0 Å². The average Bonchev–Trinajstić information content (AvgIpc) is 2.25. The van der Waals surface area contributed by atoms with E-state index in [1.165, 1.54) is 0 Å². The molecule has 1 aromatic rings. The molecule has 0 unspecified atom stereocenters. The molecule has 2 rings (SSSR count). The van der Waals surface area contributed by atoms with Crippen LogP contribution in [-0.4, -0.2) is 14.9 Å². The zero-order chi connectivity index (χ0) is 8.77. The summed E-state index contributed by atoms with van der Waals surface area (Å²) in [4.78, 5) is 0. The van der Waals surface area contributed by atoms with Gasteiger partial charge in [-0.05, 0) is 26.2 Å². The molecule has 66 valence electrons. The molecule has 0 aliphatic heterocycles. The van der Waals surface area contributed by atoms with Crippen molar-refractivity contribution in [1.82, 2.24) is 9.78 Å². The van der Waals surface area contributed by atoms with E-state index >= 15 is 0 Å². The van der Waals surface area contributed by atoms with Crippen LogP contribution in [0.2, 0.25) is 0 Å². The Morgan fingerprint density at radius 1 is 1.58 bits per heavy atom. The molecule has 3 heteroatoms. The van der Waals surface area contributed by atoms with E-state index in [0.717, 1.165) is 30.5 Å². The van der Waals surface area contributed by atoms with Crippen molar-refractivity contribution in [1.29, 1.82) is 0 Å². The lowest BCUT2D eigenvalue weighted by molar-refractivity contribution is -0.0393. The summed E-state index contributed by atoms with van der Waals surface area (Å²) in [6.07, 6.45) is 4.83. The summed E-state index contributed by atoms with van der Waals surface area (Å²) in [5, 5.41) is 14.2. The normalized spacial score (nSPS) is 20.6. The lowest BCUT2D eigenvalue weighted by atomic mass is 9.75. The topological polar surface area (TPSA) is 38.0 Å². The van der Waals surface area contributed by atoms with Crippen LogP contribution in [0.25, 0.3) is 0 Å². The quantitative estimate of drug-likeness (QED) is 0.678. The van der Waals surface area contributed by atoms with E-state index in [-0.39, 0.29) is 0 Å². The maximum absolute atomic E-state index is 10.0. The van der Waals surface area contributed by atoms with Crippen LogP contribution in [0, 0.1) is 6.92 Å². The second-order valence-corrected chi connectivity index (χ2v) is 3.69. The molecular formula is C9H14N2O. The molecule has 1 N–H and O–H groups in total. The SMILES string of the molecule is Cc1nn(C)cc1C1(O)CCC1. The molecule has 0 amide bonds. The molecule has 0 atom stereocenters. The summed E-state index contributed by atoms with van der Waals surface area (Å²) in [5.41, 5.74) is 1.41. The monoisotopic (exact) mass is 166 g/mol. The summed E-state index contributed by atoms with van der Waals surface area (Å²) in [6.45, 7) is 1.95. The van der Waals surface area contributed by atoms with Gasteiger partial charge in [-0.25, -0.2) is 0 Å². The number of nitrogens with zero attached hydrogens (tertiary/aromatic N) is 2. The molecule has 0 radical (unpaired) electrons. The summed E-state index contributed by atoms with van der Waals surface area (Å²) < 4.78 is 1.76. The summed E-state index contributed by atoms with van der Waals surface area (Å²) in [6, 6.07) is 0. The Labute approximate surface area is 72.0 Å². The van der Waals surface area contributed by atoms with Gasteiger partial charge in [-0.1, -0.05) is 0 Å². The lowest BCUT2D eigenvalue weighted by Gasteiger charge is -2.36. The fraction of sp³-hybridized carbons (Fsp3) is 0.667. The second kappa shape index (κ2) is 2.33. The molecular weight excluding hydrogens is 152 g/mol. The highest BCUT2D eigenvalue weighted by Crippen LogP contribution is 2.41. The minimum absolute atomic E-state index is 0.557. The Bertz CT molecular complexity index is 299. The van der Waals surface area contributed by atoms with Gasteiger partial charge in [-0.15, -0.1) is 0 Å². The van der Waals surface area contributed by atoms with Gasteiger partial charge in [0, 0.05) is 18.8 Å². The Balaban J connectivity index is 2.38. The predicted molar refractivity (Wildman–Crippen MR) is 45.7 cm³/mol. The van der Waals surface area contributed by atoms with Crippen LogP contribution < -0.4 is 0 Å². The van der Waals surface area contributed by atoms with Crippen molar-refractivity contribution in [3.63, 3.8) is 0 Å². The van der Waals surface area contributed by atoms with E-state index in [0.29, 0.717) is 0 Å². The van der Waals surface area contributed by atoms with Crippen molar-refractivity contribution in [2.45, 2.75) is 31.8 Å². The fourth-order valence-corrected chi connectivity index (χ4v) is 1.84. The number of rotatable bonds is 1. The minimum Gasteiger partial charge on any atom is -0.385 e. The molecule has 12 heavy (non-hydrogen) atoms. The van der Waals surface area contributed by atoms with E-state index in [2.05, 4.69) is 5.10 Å².